The Labute approximate surface area is 140 Å². The number of halogens is 3. The van der Waals surface area contributed by atoms with Gasteiger partial charge in [0.15, 0.2) is 0 Å². The van der Waals surface area contributed by atoms with E-state index < -0.39 is 11.6 Å². The molecule has 0 N–H and O–H groups in total. The van der Waals surface area contributed by atoms with E-state index in [-0.39, 0.29) is 12.0 Å². The minimum atomic E-state index is -0.571. The van der Waals surface area contributed by atoms with Gasteiger partial charge in [0.1, 0.15) is 11.6 Å². The second-order valence-electron chi connectivity index (χ2n) is 5.45. The third-order valence-corrected chi connectivity index (χ3v) is 4.03. The Hall–Kier alpha value is -1.94. The van der Waals surface area contributed by atoms with Gasteiger partial charge in [-0.2, -0.15) is 0 Å². The summed E-state index contributed by atoms with van der Waals surface area (Å²) in [6.45, 7) is 4.73. The number of aliphatic imine (C=N–C) groups is 1. The van der Waals surface area contributed by atoms with Gasteiger partial charge in [-0.05, 0) is 43.2 Å². The lowest BCUT2D eigenvalue weighted by atomic mass is 10.0. The highest BCUT2D eigenvalue weighted by Crippen LogP contribution is 2.32. The first-order valence-electron chi connectivity index (χ1n) is 7.38. The molecule has 0 amide bonds. The van der Waals surface area contributed by atoms with Gasteiger partial charge in [0.2, 0.25) is 0 Å². The smallest absolute Gasteiger partial charge is 0.129 e. The molecule has 122 valence electrons. The summed E-state index contributed by atoms with van der Waals surface area (Å²) >= 11 is 6.38. The molecule has 0 fully saturated rings. The molecule has 0 atom stereocenters. The van der Waals surface area contributed by atoms with Crippen molar-refractivity contribution in [2.45, 2.75) is 20.3 Å². The van der Waals surface area contributed by atoms with Gasteiger partial charge in [-0.25, -0.2) is 13.8 Å². The van der Waals surface area contributed by atoms with Gasteiger partial charge in [0, 0.05) is 25.6 Å². The lowest BCUT2D eigenvalue weighted by Gasteiger charge is -2.12. The number of rotatable bonds is 5. The summed E-state index contributed by atoms with van der Waals surface area (Å²) in [5.74, 6) is -1.14. The standard InChI is InChI=1S/C18H19ClF2N2/c1-4-23(3)11-22-17-9-12(2)8-13(18(17)19)10-14-15(20)6-5-7-16(14)21/h5-9,11H,4,10H2,1-3H3. The zero-order valence-corrected chi connectivity index (χ0v) is 14.2. The average molecular weight is 337 g/mol. The van der Waals surface area contributed by atoms with Crippen molar-refractivity contribution in [3.05, 3.63) is 63.7 Å². The Balaban J connectivity index is 2.40. The summed E-state index contributed by atoms with van der Waals surface area (Å²) in [7, 11) is 1.91. The van der Waals surface area contributed by atoms with E-state index in [4.69, 9.17) is 11.6 Å². The number of aryl methyl sites for hydroxylation is 1. The van der Waals surface area contributed by atoms with Crippen LogP contribution in [0.3, 0.4) is 0 Å². The predicted octanol–water partition coefficient (Wildman–Crippen LogP) is 5.13. The fourth-order valence-electron chi connectivity index (χ4n) is 2.18. The van der Waals surface area contributed by atoms with Gasteiger partial charge in [-0.15, -0.1) is 0 Å². The Morgan fingerprint density at radius 3 is 2.48 bits per heavy atom. The summed E-state index contributed by atoms with van der Waals surface area (Å²) < 4.78 is 27.7. The van der Waals surface area contributed by atoms with Gasteiger partial charge < -0.3 is 4.90 Å². The molecule has 23 heavy (non-hydrogen) atoms. The largest absolute Gasteiger partial charge is 0.366 e. The molecule has 0 aliphatic rings. The Bertz CT molecular complexity index is 709. The highest BCUT2D eigenvalue weighted by atomic mass is 35.5. The number of benzene rings is 2. The van der Waals surface area contributed by atoms with Crippen LogP contribution in [-0.2, 0) is 6.42 Å². The normalized spacial score (nSPS) is 11.2. The molecular formula is C18H19ClF2N2. The molecule has 0 heterocycles. The van der Waals surface area contributed by atoms with E-state index in [1.807, 2.05) is 37.9 Å². The zero-order chi connectivity index (χ0) is 17.0. The first kappa shape index (κ1) is 17.4. The molecule has 0 aromatic heterocycles. The van der Waals surface area contributed by atoms with E-state index in [1.54, 1.807) is 6.34 Å². The molecule has 2 nitrogen and oxygen atoms in total. The number of nitrogens with zero attached hydrogens (tertiary/aromatic N) is 2. The molecule has 2 rings (SSSR count). The van der Waals surface area contributed by atoms with Gasteiger partial charge in [0.25, 0.3) is 0 Å². The molecule has 2 aromatic carbocycles. The van der Waals surface area contributed by atoms with Crippen molar-refractivity contribution >= 4 is 23.6 Å². The van der Waals surface area contributed by atoms with E-state index >= 15 is 0 Å². The first-order valence-corrected chi connectivity index (χ1v) is 7.76. The van der Waals surface area contributed by atoms with Crippen molar-refractivity contribution < 1.29 is 8.78 Å². The van der Waals surface area contributed by atoms with Crippen molar-refractivity contribution in [2.75, 3.05) is 13.6 Å². The second-order valence-corrected chi connectivity index (χ2v) is 5.83. The number of hydrogen-bond donors (Lipinski definition) is 0. The van der Waals surface area contributed by atoms with Gasteiger partial charge in [0.05, 0.1) is 17.0 Å². The van der Waals surface area contributed by atoms with Crippen LogP contribution in [0.5, 0.6) is 0 Å². The molecule has 0 saturated heterocycles. The molecule has 2 aromatic rings. The summed E-state index contributed by atoms with van der Waals surface area (Å²) in [5, 5.41) is 0.416. The van der Waals surface area contributed by atoms with Crippen LogP contribution in [0.15, 0.2) is 35.3 Å². The van der Waals surface area contributed by atoms with Crippen LogP contribution in [0.2, 0.25) is 5.02 Å². The number of hydrogen-bond acceptors (Lipinski definition) is 1. The monoisotopic (exact) mass is 336 g/mol. The van der Waals surface area contributed by atoms with E-state index in [9.17, 15) is 8.78 Å². The third kappa shape index (κ3) is 4.29. The maximum atomic E-state index is 13.8. The molecule has 0 bridgehead atoms. The third-order valence-electron chi connectivity index (χ3n) is 3.59. The van der Waals surface area contributed by atoms with E-state index in [0.29, 0.717) is 16.3 Å². The molecule has 0 radical (unpaired) electrons. The highest BCUT2D eigenvalue weighted by molar-refractivity contribution is 6.33. The average Bonchev–Trinajstić information content (AvgIpc) is 2.52. The summed E-state index contributed by atoms with van der Waals surface area (Å²) in [6, 6.07) is 7.53. The second kappa shape index (κ2) is 7.55. The highest BCUT2D eigenvalue weighted by Gasteiger charge is 2.13. The predicted molar refractivity (Wildman–Crippen MR) is 91.8 cm³/mol. The lowest BCUT2D eigenvalue weighted by molar-refractivity contribution is 0.552. The molecule has 0 aliphatic heterocycles. The maximum Gasteiger partial charge on any atom is 0.129 e. The minimum Gasteiger partial charge on any atom is -0.366 e. The van der Waals surface area contributed by atoms with Gasteiger partial charge >= 0.3 is 0 Å². The first-order chi connectivity index (χ1) is 10.9. The van der Waals surface area contributed by atoms with Crippen LogP contribution in [0.1, 0.15) is 23.6 Å². The summed E-state index contributed by atoms with van der Waals surface area (Å²) in [6.07, 6.45) is 1.78. The minimum absolute atomic E-state index is 0.0144. The molecular weight excluding hydrogens is 318 g/mol. The fraction of sp³-hybridized carbons (Fsp3) is 0.278. The Morgan fingerprint density at radius 2 is 1.87 bits per heavy atom. The van der Waals surface area contributed by atoms with E-state index in [2.05, 4.69) is 4.99 Å². The maximum absolute atomic E-state index is 13.8. The lowest BCUT2D eigenvalue weighted by Crippen LogP contribution is -2.14. The van der Waals surface area contributed by atoms with Crippen LogP contribution in [0.4, 0.5) is 14.5 Å². The van der Waals surface area contributed by atoms with Crippen molar-refractivity contribution in [3.63, 3.8) is 0 Å². The SMILES string of the molecule is CCN(C)C=Nc1cc(C)cc(Cc2c(F)cccc2F)c1Cl. The van der Waals surface area contributed by atoms with Crippen LogP contribution in [0.25, 0.3) is 0 Å². The van der Waals surface area contributed by atoms with E-state index in [0.717, 1.165) is 12.1 Å². The van der Waals surface area contributed by atoms with Crippen LogP contribution >= 0.6 is 11.6 Å². The molecule has 0 spiro atoms. The zero-order valence-electron chi connectivity index (χ0n) is 13.4. The Kier molecular flexibility index (Phi) is 5.72. The van der Waals surface area contributed by atoms with Crippen molar-refractivity contribution in [3.8, 4) is 0 Å². The summed E-state index contributed by atoms with van der Waals surface area (Å²) in [5.41, 5.74) is 2.20. The van der Waals surface area contributed by atoms with Crippen LogP contribution < -0.4 is 0 Å². The fourth-order valence-corrected chi connectivity index (χ4v) is 2.40. The van der Waals surface area contributed by atoms with Crippen LogP contribution in [-0.4, -0.2) is 24.8 Å². The quantitative estimate of drug-likeness (QED) is 0.546. The van der Waals surface area contributed by atoms with Crippen LogP contribution in [0, 0.1) is 18.6 Å². The molecule has 0 saturated carbocycles. The summed E-state index contributed by atoms with van der Waals surface area (Å²) in [4.78, 5) is 6.28. The van der Waals surface area contributed by atoms with Gasteiger partial charge in [-0.1, -0.05) is 23.7 Å². The van der Waals surface area contributed by atoms with Crippen molar-refractivity contribution in [1.29, 1.82) is 0 Å². The van der Waals surface area contributed by atoms with E-state index in [1.165, 1.54) is 18.2 Å². The molecule has 5 heteroatoms. The molecule has 0 unspecified atom stereocenters. The Morgan fingerprint density at radius 1 is 1.22 bits per heavy atom. The topological polar surface area (TPSA) is 15.6 Å². The van der Waals surface area contributed by atoms with Crippen molar-refractivity contribution in [2.24, 2.45) is 4.99 Å². The van der Waals surface area contributed by atoms with Gasteiger partial charge in [-0.3, -0.25) is 0 Å². The van der Waals surface area contributed by atoms with Crippen molar-refractivity contribution in [1.82, 2.24) is 4.90 Å². The molecule has 0 aliphatic carbocycles.